The van der Waals surface area contributed by atoms with E-state index < -0.39 is 23.4 Å². The predicted molar refractivity (Wildman–Crippen MR) is 109 cm³/mol. The molecule has 0 N–H and O–H groups in total. The fourth-order valence-electron chi connectivity index (χ4n) is 3.09. The van der Waals surface area contributed by atoms with Crippen LogP contribution in [0.5, 0.6) is 0 Å². The Morgan fingerprint density at radius 2 is 1.59 bits per heavy atom. The van der Waals surface area contributed by atoms with E-state index in [1.165, 1.54) is 4.57 Å². The Balaban J connectivity index is 2.09. The fourth-order valence-corrected chi connectivity index (χ4v) is 3.09. The monoisotopic (exact) mass is 396 g/mol. The Kier molecular flexibility index (Phi) is 5.59. The summed E-state index contributed by atoms with van der Waals surface area (Å²) >= 11 is 0. The van der Waals surface area contributed by atoms with Crippen LogP contribution in [-0.4, -0.2) is 33.4 Å². The standard InChI is InChI=1S/C22H24N2O5/c1-5-28-21(27)24-18-13-9-8-12-17(18)23(20(24)26)14-15-10-6-7-11-16(15)19(25)29-22(2,3)4/h6-13H,5,14H2,1-4H3. The zero-order chi connectivity index (χ0) is 21.2. The summed E-state index contributed by atoms with van der Waals surface area (Å²) in [5.41, 5.74) is 0.859. The molecule has 0 aliphatic rings. The van der Waals surface area contributed by atoms with Gasteiger partial charge in [0.05, 0.1) is 29.7 Å². The van der Waals surface area contributed by atoms with Gasteiger partial charge in [-0.3, -0.25) is 4.57 Å². The molecular weight excluding hydrogens is 372 g/mol. The number of benzene rings is 2. The van der Waals surface area contributed by atoms with E-state index in [1.54, 1.807) is 76.2 Å². The van der Waals surface area contributed by atoms with Gasteiger partial charge in [-0.2, -0.15) is 4.57 Å². The topological polar surface area (TPSA) is 79.5 Å². The Morgan fingerprint density at radius 1 is 0.966 bits per heavy atom. The van der Waals surface area contributed by atoms with E-state index in [-0.39, 0.29) is 13.2 Å². The number of hydrogen-bond donors (Lipinski definition) is 0. The van der Waals surface area contributed by atoms with Gasteiger partial charge in [-0.05, 0) is 51.5 Å². The maximum atomic E-state index is 13.0. The molecule has 7 nitrogen and oxygen atoms in total. The number of ether oxygens (including phenoxy) is 2. The lowest BCUT2D eigenvalue weighted by molar-refractivity contribution is 0.00681. The Morgan fingerprint density at radius 3 is 2.24 bits per heavy atom. The molecule has 0 aliphatic carbocycles. The van der Waals surface area contributed by atoms with E-state index in [0.717, 1.165) is 4.57 Å². The lowest BCUT2D eigenvalue weighted by Gasteiger charge is -2.20. The van der Waals surface area contributed by atoms with Gasteiger partial charge >= 0.3 is 17.8 Å². The van der Waals surface area contributed by atoms with E-state index in [4.69, 9.17) is 9.47 Å². The van der Waals surface area contributed by atoms with Gasteiger partial charge in [0.2, 0.25) is 0 Å². The van der Waals surface area contributed by atoms with Crippen LogP contribution in [0.2, 0.25) is 0 Å². The molecule has 0 saturated heterocycles. The van der Waals surface area contributed by atoms with Crippen molar-refractivity contribution < 1.29 is 19.1 Å². The molecule has 0 amide bonds. The number of esters is 1. The molecule has 0 aliphatic heterocycles. The second-order valence-electron chi connectivity index (χ2n) is 7.55. The first-order valence-corrected chi connectivity index (χ1v) is 9.41. The van der Waals surface area contributed by atoms with E-state index in [0.29, 0.717) is 22.2 Å². The van der Waals surface area contributed by atoms with Gasteiger partial charge in [-0.25, -0.2) is 14.4 Å². The second-order valence-corrected chi connectivity index (χ2v) is 7.55. The first-order valence-electron chi connectivity index (χ1n) is 9.41. The quantitative estimate of drug-likeness (QED) is 0.627. The van der Waals surface area contributed by atoms with Gasteiger partial charge in [-0.15, -0.1) is 0 Å². The molecule has 1 heterocycles. The largest absolute Gasteiger partial charge is 0.456 e. The Bertz CT molecular complexity index is 1120. The normalized spacial score (nSPS) is 11.4. The molecule has 3 rings (SSSR count). The van der Waals surface area contributed by atoms with Crippen LogP contribution in [0.15, 0.2) is 53.3 Å². The third kappa shape index (κ3) is 4.23. The summed E-state index contributed by atoms with van der Waals surface area (Å²) in [4.78, 5) is 38.0. The first-order chi connectivity index (χ1) is 13.7. The average molecular weight is 396 g/mol. The molecule has 0 radical (unpaired) electrons. The Labute approximate surface area is 168 Å². The molecule has 0 spiro atoms. The van der Waals surface area contributed by atoms with Crippen LogP contribution >= 0.6 is 0 Å². The molecule has 2 aromatic carbocycles. The zero-order valence-electron chi connectivity index (χ0n) is 17.0. The van der Waals surface area contributed by atoms with E-state index in [1.807, 2.05) is 0 Å². The minimum Gasteiger partial charge on any atom is -0.456 e. The van der Waals surface area contributed by atoms with Gasteiger partial charge < -0.3 is 9.47 Å². The number of carbonyl (C=O) groups excluding carboxylic acids is 2. The van der Waals surface area contributed by atoms with Crippen molar-refractivity contribution in [1.82, 2.24) is 9.13 Å². The summed E-state index contributed by atoms with van der Waals surface area (Å²) in [6, 6.07) is 13.9. The van der Waals surface area contributed by atoms with Crippen LogP contribution in [0.25, 0.3) is 11.0 Å². The van der Waals surface area contributed by atoms with Crippen molar-refractivity contribution in [3.63, 3.8) is 0 Å². The highest BCUT2D eigenvalue weighted by Gasteiger charge is 2.23. The maximum absolute atomic E-state index is 13.0. The maximum Gasteiger partial charge on any atom is 0.422 e. The lowest BCUT2D eigenvalue weighted by atomic mass is 10.1. The van der Waals surface area contributed by atoms with Crippen molar-refractivity contribution in [2.75, 3.05) is 6.61 Å². The van der Waals surface area contributed by atoms with Crippen molar-refractivity contribution in [3.05, 3.63) is 70.1 Å². The molecular formula is C22H24N2O5. The predicted octanol–water partition coefficient (Wildman–Crippen LogP) is 3.81. The SMILES string of the molecule is CCOC(=O)n1c(=O)n(Cc2ccccc2C(=O)OC(C)(C)C)c2ccccc21. The molecule has 3 aromatic rings. The summed E-state index contributed by atoms with van der Waals surface area (Å²) in [6.07, 6.45) is -0.729. The molecule has 7 heteroatoms. The summed E-state index contributed by atoms with van der Waals surface area (Å²) in [7, 11) is 0. The summed E-state index contributed by atoms with van der Waals surface area (Å²) in [6.45, 7) is 7.34. The first kappa shape index (κ1) is 20.4. The number of fused-ring (bicyclic) bond motifs is 1. The molecule has 0 fully saturated rings. The molecule has 0 saturated carbocycles. The minimum absolute atomic E-state index is 0.112. The van der Waals surface area contributed by atoms with Gasteiger partial charge in [-0.1, -0.05) is 30.3 Å². The Hall–Kier alpha value is -3.35. The molecule has 152 valence electrons. The van der Waals surface area contributed by atoms with Gasteiger partial charge in [0, 0.05) is 0 Å². The van der Waals surface area contributed by atoms with Crippen LogP contribution in [0.4, 0.5) is 4.79 Å². The third-order valence-corrected chi connectivity index (χ3v) is 4.25. The summed E-state index contributed by atoms with van der Waals surface area (Å²) in [5.74, 6) is -0.463. The fraction of sp³-hybridized carbons (Fsp3) is 0.318. The van der Waals surface area contributed by atoms with Gasteiger partial charge in [0.15, 0.2) is 0 Å². The van der Waals surface area contributed by atoms with Gasteiger partial charge in [0.1, 0.15) is 5.60 Å². The highest BCUT2D eigenvalue weighted by molar-refractivity contribution is 5.91. The number of rotatable bonds is 4. The minimum atomic E-state index is -0.729. The lowest BCUT2D eigenvalue weighted by Crippen LogP contribution is -2.30. The van der Waals surface area contributed by atoms with E-state index >= 15 is 0 Å². The van der Waals surface area contributed by atoms with Crippen LogP contribution in [0.3, 0.4) is 0 Å². The molecule has 0 atom stereocenters. The van der Waals surface area contributed by atoms with Crippen LogP contribution in [0.1, 0.15) is 43.6 Å². The highest BCUT2D eigenvalue weighted by Crippen LogP contribution is 2.19. The highest BCUT2D eigenvalue weighted by atomic mass is 16.6. The average Bonchev–Trinajstić information content (AvgIpc) is 2.93. The smallest absolute Gasteiger partial charge is 0.422 e. The van der Waals surface area contributed by atoms with Crippen LogP contribution in [0, 0.1) is 0 Å². The van der Waals surface area contributed by atoms with Crippen LogP contribution in [-0.2, 0) is 16.0 Å². The summed E-state index contributed by atoms with van der Waals surface area (Å²) in [5, 5.41) is 0. The molecule has 0 bridgehead atoms. The number of aromatic nitrogens is 2. The number of hydrogen-bond acceptors (Lipinski definition) is 5. The van der Waals surface area contributed by atoms with Crippen molar-refractivity contribution in [1.29, 1.82) is 0 Å². The molecule has 0 unspecified atom stereocenters. The van der Waals surface area contributed by atoms with Gasteiger partial charge in [0.25, 0.3) is 0 Å². The molecule has 1 aromatic heterocycles. The van der Waals surface area contributed by atoms with Crippen molar-refractivity contribution in [2.24, 2.45) is 0 Å². The van der Waals surface area contributed by atoms with Crippen LogP contribution < -0.4 is 5.69 Å². The summed E-state index contributed by atoms with van der Waals surface area (Å²) < 4.78 is 13.0. The number of para-hydroxylation sites is 2. The third-order valence-electron chi connectivity index (χ3n) is 4.25. The van der Waals surface area contributed by atoms with Crippen molar-refractivity contribution in [2.45, 2.75) is 39.8 Å². The van der Waals surface area contributed by atoms with Crippen molar-refractivity contribution in [3.8, 4) is 0 Å². The van der Waals surface area contributed by atoms with E-state index in [2.05, 4.69) is 0 Å². The van der Waals surface area contributed by atoms with E-state index in [9.17, 15) is 14.4 Å². The number of nitrogens with zero attached hydrogens (tertiary/aromatic N) is 2. The second kappa shape index (κ2) is 7.95. The zero-order valence-corrected chi connectivity index (χ0v) is 17.0. The van der Waals surface area contributed by atoms with Crippen molar-refractivity contribution >= 4 is 23.1 Å². The number of imidazole rings is 1. The number of carbonyl (C=O) groups is 2. The molecule has 29 heavy (non-hydrogen) atoms.